The summed E-state index contributed by atoms with van der Waals surface area (Å²) >= 11 is 0. The van der Waals surface area contributed by atoms with Gasteiger partial charge in [-0.25, -0.2) is 9.78 Å². The van der Waals surface area contributed by atoms with Crippen LogP contribution in [0.2, 0.25) is 0 Å². The molecule has 2 aliphatic rings. The number of nitrogens with zero attached hydrogens (tertiary/aromatic N) is 2. The molecule has 4 rings (SSSR count). The Balaban J connectivity index is 1.39. The number of nitrogens with one attached hydrogen (secondary N) is 3. The highest BCUT2D eigenvalue weighted by atomic mass is 16.5. The molecule has 0 spiro atoms. The molecule has 10 heteroatoms. The number of carbonyl (C=O) groups excluding carboxylic acids is 4. The van der Waals surface area contributed by atoms with E-state index >= 15 is 0 Å². The van der Waals surface area contributed by atoms with Crippen molar-refractivity contribution in [2.24, 2.45) is 5.92 Å². The van der Waals surface area contributed by atoms with Crippen molar-refractivity contribution >= 4 is 23.8 Å². The maximum atomic E-state index is 13.5. The fraction of sp³-hybridized carbons (Fsp3) is 0.500. The van der Waals surface area contributed by atoms with Gasteiger partial charge in [0, 0.05) is 30.8 Å². The lowest BCUT2D eigenvalue weighted by Gasteiger charge is -2.29. The van der Waals surface area contributed by atoms with E-state index in [-0.39, 0.29) is 24.9 Å². The SMILES string of the molecule is O=C(N[C@@H](Cc1cnc[nH]1)C(=O)N1CCC[C@H]1C(=O)NC(=O)C1CCCCC1)OCc1ccccc1. The molecule has 0 radical (unpaired) electrons. The average molecular weight is 496 g/mol. The van der Waals surface area contributed by atoms with Crippen molar-refractivity contribution in [3.63, 3.8) is 0 Å². The van der Waals surface area contributed by atoms with E-state index in [0.717, 1.165) is 37.7 Å². The van der Waals surface area contributed by atoms with Gasteiger partial charge in [-0.15, -0.1) is 0 Å². The Morgan fingerprint density at radius 3 is 2.53 bits per heavy atom. The number of aromatic nitrogens is 2. The van der Waals surface area contributed by atoms with Crippen LogP contribution in [0.1, 0.15) is 56.2 Å². The summed E-state index contributed by atoms with van der Waals surface area (Å²) in [7, 11) is 0. The second-order valence-corrected chi connectivity index (χ2v) is 9.42. The third-order valence-electron chi connectivity index (χ3n) is 6.84. The van der Waals surface area contributed by atoms with Gasteiger partial charge in [0.25, 0.3) is 0 Å². The zero-order valence-electron chi connectivity index (χ0n) is 20.3. The van der Waals surface area contributed by atoms with Crippen LogP contribution in [0.5, 0.6) is 0 Å². The molecule has 36 heavy (non-hydrogen) atoms. The number of amides is 4. The molecule has 1 aromatic carbocycles. The summed E-state index contributed by atoms with van der Waals surface area (Å²) in [6.07, 6.45) is 8.25. The third-order valence-corrected chi connectivity index (χ3v) is 6.84. The Bertz CT molecular complexity index is 1040. The molecule has 192 valence electrons. The van der Waals surface area contributed by atoms with Crippen molar-refractivity contribution in [1.82, 2.24) is 25.5 Å². The fourth-order valence-electron chi connectivity index (χ4n) is 4.90. The van der Waals surface area contributed by atoms with Crippen LogP contribution in [0.4, 0.5) is 4.79 Å². The second-order valence-electron chi connectivity index (χ2n) is 9.42. The van der Waals surface area contributed by atoms with E-state index in [1.165, 1.54) is 11.2 Å². The van der Waals surface area contributed by atoms with E-state index in [4.69, 9.17) is 4.74 Å². The lowest BCUT2D eigenvalue weighted by Crippen LogP contribution is -2.55. The average Bonchev–Trinajstić information content (AvgIpc) is 3.60. The van der Waals surface area contributed by atoms with Gasteiger partial charge in [-0.2, -0.15) is 0 Å². The number of aromatic amines is 1. The predicted octanol–water partition coefficient (Wildman–Crippen LogP) is 2.46. The van der Waals surface area contributed by atoms with Gasteiger partial charge in [0.15, 0.2) is 0 Å². The van der Waals surface area contributed by atoms with Crippen molar-refractivity contribution in [2.75, 3.05) is 6.54 Å². The lowest BCUT2D eigenvalue weighted by atomic mass is 9.88. The Hall–Kier alpha value is -3.69. The largest absolute Gasteiger partial charge is 0.445 e. The zero-order chi connectivity index (χ0) is 25.3. The predicted molar refractivity (Wildman–Crippen MR) is 130 cm³/mol. The lowest BCUT2D eigenvalue weighted by molar-refractivity contribution is -0.142. The first kappa shape index (κ1) is 25.4. The minimum Gasteiger partial charge on any atom is -0.445 e. The monoisotopic (exact) mass is 495 g/mol. The molecule has 0 unspecified atom stereocenters. The molecule has 2 atom stereocenters. The number of benzene rings is 1. The summed E-state index contributed by atoms with van der Waals surface area (Å²) in [5, 5.41) is 5.20. The van der Waals surface area contributed by atoms with Gasteiger partial charge in [0.1, 0.15) is 18.7 Å². The normalized spacial score (nSPS) is 18.9. The van der Waals surface area contributed by atoms with E-state index in [1.54, 1.807) is 6.20 Å². The van der Waals surface area contributed by atoms with E-state index < -0.39 is 30.0 Å². The molecular formula is C26H33N5O5. The Kier molecular flexibility index (Phi) is 8.70. The van der Waals surface area contributed by atoms with Crippen molar-refractivity contribution in [3.05, 3.63) is 54.1 Å². The first-order valence-corrected chi connectivity index (χ1v) is 12.6. The number of ether oxygens (including phenoxy) is 1. The third kappa shape index (κ3) is 6.71. The van der Waals surface area contributed by atoms with Gasteiger partial charge in [-0.1, -0.05) is 49.6 Å². The number of rotatable bonds is 8. The maximum Gasteiger partial charge on any atom is 0.408 e. The van der Waals surface area contributed by atoms with Crippen LogP contribution in [0.3, 0.4) is 0 Å². The summed E-state index contributed by atoms with van der Waals surface area (Å²) in [5.74, 6) is -1.26. The van der Waals surface area contributed by atoms with Crippen molar-refractivity contribution in [1.29, 1.82) is 0 Å². The molecular weight excluding hydrogens is 462 g/mol. The van der Waals surface area contributed by atoms with E-state index in [9.17, 15) is 19.2 Å². The summed E-state index contributed by atoms with van der Waals surface area (Å²) in [5.41, 5.74) is 1.48. The first-order valence-electron chi connectivity index (χ1n) is 12.6. The van der Waals surface area contributed by atoms with Gasteiger partial charge < -0.3 is 19.9 Å². The summed E-state index contributed by atoms with van der Waals surface area (Å²) in [6.45, 7) is 0.435. The minimum atomic E-state index is -0.962. The van der Waals surface area contributed by atoms with Crippen LogP contribution < -0.4 is 10.6 Å². The molecule has 4 amide bonds. The number of likely N-dealkylation sites (tertiary alicyclic amines) is 1. The van der Waals surface area contributed by atoms with Crippen molar-refractivity contribution in [3.8, 4) is 0 Å². The smallest absolute Gasteiger partial charge is 0.408 e. The topological polar surface area (TPSA) is 133 Å². The highest BCUT2D eigenvalue weighted by Crippen LogP contribution is 2.24. The Labute approximate surface area is 210 Å². The molecule has 2 fully saturated rings. The number of imidazole rings is 1. The molecule has 10 nitrogen and oxygen atoms in total. The summed E-state index contributed by atoms with van der Waals surface area (Å²) in [4.78, 5) is 60.1. The molecule has 2 aromatic rings. The number of alkyl carbamates (subject to hydrolysis) is 1. The van der Waals surface area contributed by atoms with Gasteiger partial charge in [-0.05, 0) is 31.2 Å². The fourth-order valence-corrected chi connectivity index (χ4v) is 4.90. The Morgan fingerprint density at radius 1 is 1.03 bits per heavy atom. The molecule has 1 aliphatic heterocycles. The van der Waals surface area contributed by atoms with Gasteiger partial charge in [0.2, 0.25) is 17.7 Å². The molecule has 1 saturated carbocycles. The molecule has 2 heterocycles. The van der Waals surface area contributed by atoms with Crippen LogP contribution in [0.25, 0.3) is 0 Å². The van der Waals surface area contributed by atoms with Gasteiger partial charge in [-0.3, -0.25) is 19.7 Å². The van der Waals surface area contributed by atoms with Gasteiger partial charge in [0.05, 0.1) is 6.33 Å². The van der Waals surface area contributed by atoms with Crippen LogP contribution in [0.15, 0.2) is 42.9 Å². The number of imide groups is 1. The van der Waals surface area contributed by atoms with Crippen LogP contribution in [0, 0.1) is 5.92 Å². The molecule has 1 aromatic heterocycles. The minimum absolute atomic E-state index is 0.0651. The highest BCUT2D eigenvalue weighted by Gasteiger charge is 2.39. The van der Waals surface area contributed by atoms with E-state index in [2.05, 4.69) is 20.6 Å². The maximum absolute atomic E-state index is 13.5. The number of H-pyrrole nitrogens is 1. The number of hydrogen-bond donors (Lipinski definition) is 3. The second kappa shape index (κ2) is 12.3. The molecule has 1 saturated heterocycles. The van der Waals surface area contributed by atoms with E-state index in [1.807, 2.05) is 30.3 Å². The van der Waals surface area contributed by atoms with Crippen LogP contribution >= 0.6 is 0 Å². The summed E-state index contributed by atoms with van der Waals surface area (Å²) in [6, 6.07) is 7.52. The molecule has 3 N–H and O–H groups in total. The van der Waals surface area contributed by atoms with Crippen LogP contribution in [-0.2, 0) is 32.1 Å². The highest BCUT2D eigenvalue weighted by molar-refractivity contribution is 6.00. The summed E-state index contributed by atoms with van der Waals surface area (Å²) < 4.78 is 5.31. The van der Waals surface area contributed by atoms with E-state index in [0.29, 0.717) is 25.1 Å². The van der Waals surface area contributed by atoms with Crippen molar-refractivity contribution in [2.45, 2.75) is 70.1 Å². The number of hydrogen-bond acceptors (Lipinski definition) is 6. The number of carbonyl (C=O) groups is 4. The standard InChI is InChI=1S/C26H33N5O5/c32-23(19-10-5-2-6-11-19)30-24(33)22-12-7-13-31(22)25(34)21(14-20-15-27-17-28-20)29-26(35)36-16-18-8-3-1-4-9-18/h1,3-4,8-9,15,17,19,21-22H,2,5-7,10-14,16H2,(H,27,28)(H,29,35)(H,30,32,33)/t21-,22-/m0/s1. The molecule has 1 aliphatic carbocycles. The molecule has 0 bridgehead atoms. The quantitative estimate of drug-likeness (QED) is 0.482. The first-order chi connectivity index (χ1) is 17.5. The Morgan fingerprint density at radius 2 is 1.81 bits per heavy atom. The zero-order valence-corrected chi connectivity index (χ0v) is 20.3. The van der Waals surface area contributed by atoms with Gasteiger partial charge >= 0.3 is 6.09 Å². The van der Waals surface area contributed by atoms with Crippen LogP contribution in [-0.4, -0.2) is 57.3 Å². The van der Waals surface area contributed by atoms with Crippen molar-refractivity contribution < 1.29 is 23.9 Å².